The Bertz CT molecular complexity index is 1950. The van der Waals surface area contributed by atoms with Crippen molar-refractivity contribution in [2.24, 2.45) is 0 Å². The molecule has 320 valence electrons. The average molecular weight is 854 g/mol. The fourth-order valence-corrected chi connectivity index (χ4v) is 8.95. The number of piperidine rings is 1. The highest BCUT2D eigenvalue weighted by Gasteiger charge is 2.54. The molecule has 21 heteroatoms. The lowest BCUT2D eigenvalue weighted by molar-refractivity contribution is -0.197. The molecule has 3 N–H and O–H groups in total. The molecule has 59 heavy (non-hydrogen) atoms. The van der Waals surface area contributed by atoms with Crippen LogP contribution in [0.15, 0.2) is 36.5 Å². The van der Waals surface area contributed by atoms with Crippen LogP contribution in [0.2, 0.25) is 0 Å². The summed E-state index contributed by atoms with van der Waals surface area (Å²) in [7, 11) is 0. The van der Waals surface area contributed by atoms with E-state index in [4.69, 9.17) is 10.00 Å². The molecule has 4 fully saturated rings. The number of nitrogens with one attached hydrogen (secondary N) is 3. The summed E-state index contributed by atoms with van der Waals surface area (Å²) in [5.41, 5.74) is -3.40. The van der Waals surface area contributed by atoms with E-state index in [1.54, 1.807) is 43.0 Å². The van der Waals surface area contributed by atoms with Gasteiger partial charge in [0.1, 0.15) is 23.7 Å². The van der Waals surface area contributed by atoms with Gasteiger partial charge in [0.2, 0.25) is 23.6 Å². The zero-order valence-electron chi connectivity index (χ0n) is 32.3. The number of nitrogens with zero attached hydrogens (tertiary/aromatic N) is 6. The topological polar surface area (TPSA) is 163 Å². The van der Waals surface area contributed by atoms with Gasteiger partial charge in [-0.3, -0.25) is 44.1 Å². The zero-order valence-corrected chi connectivity index (χ0v) is 33.2. The van der Waals surface area contributed by atoms with E-state index >= 15 is 0 Å². The number of rotatable bonds is 11. The number of benzene rings is 1. The molecule has 3 saturated heterocycles. The molecule has 14 nitrogen and oxygen atoms in total. The minimum atomic E-state index is -4.86. The maximum Gasteiger partial charge on any atom is 0.419 e. The second kappa shape index (κ2) is 17.6. The first-order valence-corrected chi connectivity index (χ1v) is 19.7. The first-order valence-electron chi connectivity index (χ1n) is 19.2. The van der Waals surface area contributed by atoms with Crippen LogP contribution in [0.25, 0.3) is 0 Å². The van der Waals surface area contributed by atoms with Gasteiger partial charge in [-0.15, -0.1) is 12.6 Å². The fourth-order valence-electron chi connectivity index (χ4n) is 8.23. The minimum Gasteiger partial charge on any atom is -0.377 e. The molecular weight excluding hydrogens is 809 g/mol. The maximum atomic E-state index is 14.3. The number of aromatic nitrogens is 1. The van der Waals surface area contributed by atoms with Crippen LogP contribution in [0.4, 0.5) is 43.4 Å². The maximum absolute atomic E-state index is 14.3. The number of carbonyl (C=O) groups is 4. The molecule has 1 aliphatic carbocycles. The lowest BCUT2D eigenvalue weighted by Gasteiger charge is -2.42. The molecule has 4 amide bonds. The lowest BCUT2D eigenvalue weighted by Crippen LogP contribution is -2.60. The van der Waals surface area contributed by atoms with Gasteiger partial charge in [0, 0.05) is 50.0 Å². The van der Waals surface area contributed by atoms with Crippen LogP contribution in [-0.2, 0) is 30.1 Å². The quantitative estimate of drug-likeness (QED) is 0.145. The number of piperazine rings is 1. The van der Waals surface area contributed by atoms with Gasteiger partial charge in [-0.2, -0.15) is 31.6 Å². The Morgan fingerprint density at radius 3 is 2.42 bits per heavy atom. The molecule has 0 bridgehead atoms. The fraction of sp³-hybridized carbons (Fsp3) is 0.579. The number of ether oxygens (including phenoxy) is 1. The first kappa shape index (κ1) is 44.1. The molecule has 1 aromatic carbocycles. The monoisotopic (exact) mass is 853 g/mol. The molecule has 0 spiro atoms. The normalized spacial score (nSPS) is 26.1. The van der Waals surface area contributed by atoms with Gasteiger partial charge in [0.05, 0.1) is 42.2 Å². The summed E-state index contributed by atoms with van der Waals surface area (Å²) in [6, 6.07) is 5.88. The molecule has 1 unspecified atom stereocenters. The number of nitriles is 1. The van der Waals surface area contributed by atoms with Crippen LogP contribution in [0.3, 0.4) is 0 Å². The predicted octanol–water partition coefficient (Wildman–Crippen LogP) is 4.34. The number of carbonyl (C=O) groups excluding carboxylic acids is 4. The molecule has 1 aromatic heterocycles. The molecule has 6 rings (SSSR count). The van der Waals surface area contributed by atoms with Gasteiger partial charge in [-0.05, 0) is 70.2 Å². The van der Waals surface area contributed by atoms with Crippen molar-refractivity contribution in [3.63, 3.8) is 0 Å². The van der Waals surface area contributed by atoms with Crippen molar-refractivity contribution in [3.8, 4) is 6.07 Å². The van der Waals surface area contributed by atoms with Crippen molar-refractivity contribution in [2.45, 2.75) is 100.0 Å². The van der Waals surface area contributed by atoms with Crippen molar-refractivity contribution in [1.29, 1.82) is 5.26 Å². The van der Waals surface area contributed by atoms with E-state index in [0.717, 1.165) is 22.1 Å². The van der Waals surface area contributed by atoms with E-state index in [0.29, 0.717) is 43.5 Å². The van der Waals surface area contributed by atoms with Crippen molar-refractivity contribution in [1.82, 2.24) is 25.0 Å². The first-order chi connectivity index (χ1) is 27.8. The molecule has 4 aliphatic rings. The largest absolute Gasteiger partial charge is 0.419 e. The van der Waals surface area contributed by atoms with E-state index in [-0.39, 0.29) is 62.9 Å². The minimum absolute atomic E-state index is 0.0118. The number of halogens is 6. The van der Waals surface area contributed by atoms with Gasteiger partial charge in [-0.25, -0.2) is 4.98 Å². The Balaban J connectivity index is 0.970. The third-order valence-electron chi connectivity index (χ3n) is 11.3. The second-order valence-electron chi connectivity index (χ2n) is 15.6. The van der Waals surface area contributed by atoms with Crippen LogP contribution in [0, 0.1) is 11.3 Å². The Morgan fingerprint density at radius 2 is 1.76 bits per heavy atom. The summed E-state index contributed by atoms with van der Waals surface area (Å²) in [5, 5.41) is 17.0. The van der Waals surface area contributed by atoms with Crippen molar-refractivity contribution in [3.05, 3.63) is 47.8 Å². The third-order valence-corrected chi connectivity index (χ3v) is 11.7. The van der Waals surface area contributed by atoms with Crippen molar-refractivity contribution >= 4 is 53.3 Å². The van der Waals surface area contributed by atoms with Crippen LogP contribution < -0.4 is 20.9 Å². The number of hydrogen-bond acceptors (Lipinski definition) is 12. The van der Waals surface area contributed by atoms with E-state index in [9.17, 15) is 45.5 Å². The number of pyridine rings is 1. The number of thiol groups is 1. The Hall–Kier alpha value is -4.49. The lowest BCUT2D eigenvalue weighted by atomic mass is 9.89. The summed E-state index contributed by atoms with van der Waals surface area (Å²) in [4.78, 5) is 59.5. The third kappa shape index (κ3) is 10.1. The van der Waals surface area contributed by atoms with Crippen LogP contribution in [0.5, 0.6) is 0 Å². The van der Waals surface area contributed by atoms with E-state index < -0.39 is 71.0 Å². The van der Waals surface area contributed by atoms with Crippen LogP contribution >= 0.6 is 12.6 Å². The van der Waals surface area contributed by atoms with Crippen LogP contribution in [-0.4, -0.2) is 124 Å². The Labute approximate surface area is 342 Å². The van der Waals surface area contributed by atoms with E-state index in [1.165, 1.54) is 6.07 Å². The zero-order chi connectivity index (χ0) is 42.9. The number of imide groups is 1. The molecule has 0 radical (unpaired) electrons. The molecular formula is C38H45F6N9O5S. The number of hydrogen-bond donors (Lipinski definition) is 4. The van der Waals surface area contributed by atoms with Gasteiger partial charge in [0.15, 0.2) is 5.69 Å². The number of alkyl halides is 6. The summed E-state index contributed by atoms with van der Waals surface area (Å²) < 4.78 is 90.0. The summed E-state index contributed by atoms with van der Waals surface area (Å²) in [6.45, 7) is 3.18. The highest BCUT2D eigenvalue weighted by Crippen LogP contribution is 2.43. The molecule has 3 aliphatic heterocycles. The average Bonchev–Trinajstić information content (AvgIpc) is 3.34. The number of amides is 4. The summed E-state index contributed by atoms with van der Waals surface area (Å²) >= 11 is 4.67. The van der Waals surface area contributed by atoms with Gasteiger partial charge < -0.3 is 15.4 Å². The second-order valence-corrected chi connectivity index (χ2v) is 16.1. The highest BCUT2D eigenvalue weighted by molar-refractivity contribution is 7.81. The molecule has 3 atom stereocenters. The standard InChI is InChI=1S/C38H45F6N9O5S/c1-36(2)34(57)52(25-17-27(37(39,40)41)29(18-45)46-19-25)35(59)53(36)24-6-8-26(9-7-24)58-15-14-50-12-13-51(30(20-50)38(42,43)44)21-32(55)48-23-5-3-4-22(16-23)47-28-10-11-31(54)49-33(28)56/h3-5,16-17,19,24,26,28,30,35,47,59H,6-15,20-21H2,1-2H3,(H,48,55)(H,49,54,56)/t24?,26?,28?,30-,35+/m1/s1. The van der Waals surface area contributed by atoms with Gasteiger partial charge in [0.25, 0.3) is 0 Å². The predicted molar refractivity (Wildman–Crippen MR) is 205 cm³/mol. The molecule has 4 heterocycles. The SMILES string of the molecule is CC1(C)C(=O)N(c2cnc(C#N)c(C(F)(F)F)c2)[C@H](S)N1C1CCC(OCCN2CCN(CC(=O)Nc3cccc(NC4CCC(=O)NC4=O)c3)[C@@H](C(F)(F)F)C2)CC1. The number of anilines is 3. The summed E-state index contributed by atoms with van der Waals surface area (Å²) in [5.74, 6) is -1.93. The van der Waals surface area contributed by atoms with Gasteiger partial charge >= 0.3 is 12.4 Å². The van der Waals surface area contributed by atoms with E-state index in [1.807, 2.05) is 4.90 Å². The Morgan fingerprint density at radius 1 is 1.05 bits per heavy atom. The van der Waals surface area contributed by atoms with E-state index in [2.05, 4.69) is 33.6 Å². The smallest absolute Gasteiger partial charge is 0.377 e. The van der Waals surface area contributed by atoms with Crippen molar-refractivity contribution < 1.29 is 50.3 Å². The highest BCUT2D eigenvalue weighted by atomic mass is 32.1. The molecule has 2 aromatic rings. The Kier molecular flexibility index (Phi) is 13.2. The van der Waals surface area contributed by atoms with Crippen LogP contribution in [0.1, 0.15) is 63.6 Å². The van der Waals surface area contributed by atoms with Crippen molar-refractivity contribution in [2.75, 3.05) is 54.9 Å². The molecule has 1 saturated carbocycles. The van der Waals surface area contributed by atoms with Gasteiger partial charge in [-0.1, -0.05) is 6.07 Å². The summed E-state index contributed by atoms with van der Waals surface area (Å²) in [6.07, 6.45) is -5.83.